The average molecular weight is 213 g/mol. The Kier molecular flexibility index (Phi) is 4.11. The number of Topliss-reactive ketones (excluding diaryl/α,β-unsaturated/α-hetero) is 1. The summed E-state index contributed by atoms with van der Waals surface area (Å²) in [5.41, 5.74) is 0. The molecule has 4 heteroatoms. The minimum absolute atomic E-state index is 0.0943. The molecule has 2 heterocycles. The second kappa shape index (κ2) is 5.58. The topological polar surface area (TPSA) is 38.8 Å². The molecule has 15 heavy (non-hydrogen) atoms. The molecule has 1 atom stereocenters. The molecular formula is C11H19NO3. The van der Waals surface area contributed by atoms with Crippen LogP contribution in [0, 0.1) is 5.92 Å². The molecule has 0 radical (unpaired) electrons. The van der Waals surface area contributed by atoms with Crippen molar-refractivity contribution in [1.29, 1.82) is 0 Å². The van der Waals surface area contributed by atoms with Crippen molar-refractivity contribution in [2.45, 2.75) is 12.8 Å². The fourth-order valence-corrected chi connectivity index (χ4v) is 2.14. The number of nitrogens with zero attached hydrogens (tertiary/aromatic N) is 1. The van der Waals surface area contributed by atoms with E-state index in [0.717, 1.165) is 39.3 Å². The molecule has 2 saturated heterocycles. The van der Waals surface area contributed by atoms with E-state index in [1.807, 2.05) is 0 Å². The first-order valence-corrected chi connectivity index (χ1v) is 5.77. The first-order valence-electron chi connectivity index (χ1n) is 5.77. The Balaban J connectivity index is 1.80. The van der Waals surface area contributed by atoms with Gasteiger partial charge in [-0.1, -0.05) is 0 Å². The van der Waals surface area contributed by atoms with E-state index in [2.05, 4.69) is 4.90 Å². The van der Waals surface area contributed by atoms with Crippen molar-refractivity contribution in [3.63, 3.8) is 0 Å². The van der Waals surface area contributed by atoms with Gasteiger partial charge < -0.3 is 14.4 Å². The highest BCUT2D eigenvalue weighted by molar-refractivity contribution is 5.82. The molecule has 0 aromatic carbocycles. The van der Waals surface area contributed by atoms with E-state index in [1.54, 1.807) is 0 Å². The zero-order valence-corrected chi connectivity index (χ0v) is 9.11. The van der Waals surface area contributed by atoms with Crippen LogP contribution in [0.1, 0.15) is 12.8 Å². The molecule has 4 nitrogen and oxygen atoms in total. The Morgan fingerprint density at radius 2 is 2.13 bits per heavy atom. The van der Waals surface area contributed by atoms with Crippen molar-refractivity contribution in [2.75, 3.05) is 46.1 Å². The lowest BCUT2D eigenvalue weighted by atomic mass is 10.00. The normalized spacial score (nSPS) is 30.1. The van der Waals surface area contributed by atoms with Crippen molar-refractivity contribution in [1.82, 2.24) is 4.90 Å². The van der Waals surface area contributed by atoms with E-state index in [0.29, 0.717) is 25.4 Å². The summed E-state index contributed by atoms with van der Waals surface area (Å²) in [6.45, 7) is 5.71. The van der Waals surface area contributed by atoms with E-state index in [1.165, 1.54) is 0 Å². The standard InChI is InChI=1S/C11H19NO3/c13-11-2-6-15-9-10(11)8-12-3-1-5-14-7-4-12/h10H,1-9H2. The molecule has 2 fully saturated rings. The lowest BCUT2D eigenvalue weighted by Gasteiger charge is -2.27. The van der Waals surface area contributed by atoms with Crippen LogP contribution in [0.4, 0.5) is 0 Å². The summed E-state index contributed by atoms with van der Waals surface area (Å²) in [5.74, 6) is 0.461. The fourth-order valence-electron chi connectivity index (χ4n) is 2.14. The van der Waals surface area contributed by atoms with Gasteiger partial charge in [-0.3, -0.25) is 4.79 Å². The van der Waals surface area contributed by atoms with Gasteiger partial charge in [0.25, 0.3) is 0 Å². The van der Waals surface area contributed by atoms with Crippen LogP contribution in [0.25, 0.3) is 0 Å². The molecule has 0 amide bonds. The zero-order valence-electron chi connectivity index (χ0n) is 9.11. The van der Waals surface area contributed by atoms with Gasteiger partial charge in [0.15, 0.2) is 0 Å². The van der Waals surface area contributed by atoms with E-state index < -0.39 is 0 Å². The molecule has 2 aliphatic rings. The lowest BCUT2D eigenvalue weighted by Crippen LogP contribution is -2.39. The molecule has 86 valence electrons. The van der Waals surface area contributed by atoms with Crippen LogP contribution in [-0.4, -0.2) is 56.7 Å². The molecular weight excluding hydrogens is 194 g/mol. The van der Waals surface area contributed by atoms with Gasteiger partial charge >= 0.3 is 0 Å². The van der Waals surface area contributed by atoms with Crippen molar-refractivity contribution in [3.8, 4) is 0 Å². The van der Waals surface area contributed by atoms with E-state index in [9.17, 15) is 4.79 Å². The van der Waals surface area contributed by atoms with Gasteiger partial charge in [-0.05, 0) is 6.42 Å². The number of hydrogen-bond donors (Lipinski definition) is 0. The molecule has 0 bridgehead atoms. The lowest BCUT2D eigenvalue weighted by molar-refractivity contribution is -0.131. The van der Waals surface area contributed by atoms with Gasteiger partial charge in [0.1, 0.15) is 5.78 Å². The molecule has 1 unspecified atom stereocenters. The second-order valence-electron chi connectivity index (χ2n) is 4.25. The van der Waals surface area contributed by atoms with Gasteiger partial charge in [0.2, 0.25) is 0 Å². The minimum atomic E-state index is 0.0943. The maximum absolute atomic E-state index is 11.6. The number of hydrogen-bond acceptors (Lipinski definition) is 4. The fraction of sp³-hybridized carbons (Fsp3) is 0.909. The molecule has 0 aliphatic carbocycles. The maximum Gasteiger partial charge on any atom is 0.141 e. The Morgan fingerprint density at radius 1 is 1.20 bits per heavy atom. The first-order chi connectivity index (χ1) is 7.36. The largest absolute Gasteiger partial charge is 0.380 e. The third-order valence-electron chi connectivity index (χ3n) is 3.06. The third-order valence-corrected chi connectivity index (χ3v) is 3.06. The van der Waals surface area contributed by atoms with Crippen molar-refractivity contribution >= 4 is 5.78 Å². The van der Waals surface area contributed by atoms with Crippen molar-refractivity contribution in [2.24, 2.45) is 5.92 Å². The average Bonchev–Trinajstić information content (AvgIpc) is 2.50. The molecule has 2 rings (SSSR count). The highest BCUT2D eigenvalue weighted by atomic mass is 16.5. The maximum atomic E-state index is 11.6. The summed E-state index contributed by atoms with van der Waals surface area (Å²) in [4.78, 5) is 13.9. The highest BCUT2D eigenvalue weighted by Gasteiger charge is 2.25. The summed E-state index contributed by atoms with van der Waals surface area (Å²) in [7, 11) is 0. The predicted octanol–water partition coefficient (Wildman–Crippen LogP) is 0.314. The van der Waals surface area contributed by atoms with E-state index >= 15 is 0 Å². The monoisotopic (exact) mass is 213 g/mol. The van der Waals surface area contributed by atoms with Crippen LogP contribution in [0.3, 0.4) is 0 Å². The third kappa shape index (κ3) is 3.26. The summed E-state index contributed by atoms with van der Waals surface area (Å²) in [5, 5.41) is 0. The van der Waals surface area contributed by atoms with Gasteiger partial charge in [0.05, 0.1) is 25.7 Å². The smallest absolute Gasteiger partial charge is 0.141 e. The Hall–Kier alpha value is -0.450. The zero-order chi connectivity index (χ0) is 10.5. The molecule has 0 aromatic heterocycles. The van der Waals surface area contributed by atoms with Crippen molar-refractivity contribution < 1.29 is 14.3 Å². The highest BCUT2D eigenvalue weighted by Crippen LogP contribution is 2.12. The number of ether oxygens (including phenoxy) is 2. The van der Waals surface area contributed by atoms with Gasteiger partial charge in [-0.15, -0.1) is 0 Å². The Morgan fingerprint density at radius 3 is 3.00 bits per heavy atom. The number of carbonyl (C=O) groups excluding carboxylic acids is 1. The Labute approximate surface area is 90.5 Å². The minimum Gasteiger partial charge on any atom is -0.380 e. The second-order valence-corrected chi connectivity index (χ2v) is 4.25. The summed E-state index contributed by atoms with van der Waals surface area (Å²) < 4.78 is 10.7. The number of ketones is 1. The van der Waals surface area contributed by atoms with Gasteiger partial charge in [0, 0.05) is 32.7 Å². The van der Waals surface area contributed by atoms with Crippen LogP contribution in [0.15, 0.2) is 0 Å². The Bertz CT molecular complexity index is 212. The molecule has 0 saturated carbocycles. The SMILES string of the molecule is O=C1CCOCC1CN1CCCOCC1. The van der Waals surface area contributed by atoms with Crippen LogP contribution < -0.4 is 0 Å². The number of rotatable bonds is 2. The van der Waals surface area contributed by atoms with E-state index in [4.69, 9.17) is 9.47 Å². The van der Waals surface area contributed by atoms with E-state index in [-0.39, 0.29) is 5.92 Å². The molecule has 0 N–H and O–H groups in total. The van der Waals surface area contributed by atoms with Crippen LogP contribution in [-0.2, 0) is 14.3 Å². The van der Waals surface area contributed by atoms with Crippen LogP contribution in [0.2, 0.25) is 0 Å². The van der Waals surface area contributed by atoms with Crippen LogP contribution in [0.5, 0.6) is 0 Å². The predicted molar refractivity (Wildman–Crippen MR) is 55.8 cm³/mol. The molecule has 2 aliphatic heterocycles. The molecule has 0 spiro atoms. The summed E-state index contributed by atoms with van der Waals surface area (Å²) >= 11 is 0. The molecule has 0 aromatic rings. The summed E-state index contributed by atoms with van der Waals surface area (Å²) in [6, 6.07) is 0. The van der Waals surface area contributed by atoms with Gasteiger partial charge in [-0.25, -0.2) is 0 Å². The number of carbonyl (C=O) groups is 1. The van der Waals surface area contributed by atoms with Crippen LogP contribution >= 0.6 is 0 Å². The quantitative estimate of drug-likeness (QED) is 0.662. The van der Waals surface area contributed by atoms with Gasteiger partial charge in [-0.2, -0.15) is 0 Å². The summed E-state index contributed by atoms with van der Waals surface area (Å²) in [6.07, 6.45) is 1.66. The van der Waals surface area contributed by atoms with Crippen molar-refractivity contribution in [3.05, 3.63) is 0 Å². The first kappa shape index (κ1) is 11.0.